The molecule has 0 aliphatic heterocycles. The minimum atomic E-state index is -4.67. The first-order chi connectivity index (χ1) is 16.4. The van der Waals surface area contributed by atoms with E-state index in [1.807, 2.05) is 13.0 Å². The zero-order valence-corrected chi connectivity index (χ0v) is 19.7. The van der Waals surface area contributed by atoms with Crippen LogP contribution in [-0.2, 0) is 25.1 Å². The van der Waals surface area contributed by atoms with Crippen LogP contribution in [0.15, 0.2) is 63.1 Å². The van der Waals surface area contributed by atoms with Crippen molar-refractivity contribution in [1.82, 2.24) is 9.13 Å². The van der Waals surface area contributed by atoms with E-state index in [-0.39, 0.29) is 10.6 Å². The van der Waals surface area contributed by atoms with E-state index in [2.05, 4.69) is 10.3 Å². The number of anilines is 1. The van der Waals surface area contributed by atoms with Crippen LogP contribution >= 0.6 is 11.8 Å². The van der Waals surface area contributed by atoms with E-state index < -0.39 is 46.2 Å². The van der Waals surface area contributed by atoms with Gasteiger partial charge in [-0.3, -0.25) is 18.7 Å². The van der Waals surface area contributed by atoms with Crippen molar-refractivity contribution in [3.05, 3.63) is 86.1 Å². The van der Waals surface area contributed by atoms with Crippen LogP contribution in [0.25, 0.3) is 0 Å². The van der Waals surface area contributed by atoms with Crippen LogP contribution in [0, 0.1) is 6.92 Å². The second kappa shape index (κ2) is 10.2. The number of rotatable bonds is 5. The highest BCUT2D eigenvalue weighted by atomic mass is 32.2. The summed E-state index contributed by atoms with van der Waals surface area (Å²) >= 11 is 0.736. The Morgan fingerprint density at radius 3 is 2.43 bits per heavy atom. The van der Waals surface area contributed by atoms with Crippen molar-refractivity contribution in [3.8, 4) is 5.88 Å². The van der Waals surface area contributed by atoms with Gasteiger partial charge in [0.25, 0.3) is 5.56 Å². The molecule has 0 saturated carbocycles. The van der Waals surface area contributed by atoms with Crippen molar-refractivity contribution in [2.45, 2.75) is 13.1 Å². The Hall–Kier alpha value is -3.80. The van der Waals surface area contributed by atoms with Gasteiger partial charge in [0.1, 0.15) is 10.6 Å². The Kier molecular flexibility index (Phi) is 7.54. The van der Waals surface area contributed by atoms with E-state index in [9.17, 15) is 32.7 Å². The van der Waals surface area contributed by atoms with Gasteiger partial charge in [-0.2, -0.15) is 13.2 Å². The van der Waals surface area contributed by atoms with Crippen molar-refractivity contribution in [2.75, 3.05) is 11.1 Å². The van der Waals surface area contributed by atoms with Gasteiger partial charge in [-0.25, -0.2) is 9.79 Å². The molecule has 0 aliphatic carbocycles. The fraction of sp³-hybridized carbons (Fsp3) is 0.217. The molecule has 35 heavy (non-hydrogen) atoms. The summed E-state index contributed by atoms with van der Waals surface area (Å²) < 4.78 is 41.3. The second-order valence-electron chi connectivity index (χ2n) is 7.54. The molecule has 8 nitrogen and oxygen atoms in total. The SMILES string of the molecule is Cc1cccc(N=C(SCC(=O)Nc2ccccc2C(F)(F)F)c2c(O)n(C)c(=O)n(C)c2=O)c1. The number of alkyl halides is 3. The summed E-state index contributed by atoms with van der Waals surface area (Å²) in [5.74, 6) is -1.87. The lowest BCUT2D eigenvalue weighted by atomic mass is 10.1. The molecule has 2 aromatic carbocycles. The standard InChI is InChI=1S/C23H21F3N4O4S/c1-13-7-6-8-14(11-13)27-19(18-20(32)29(2)22(34)30(3)21(18)33)35-12-17(31)28-16-10-5-4-9-15(16)23(24,25)26/h4-11,32H,12H2,1-3H3,(H,28,31). The van der Waals surface area contributed by atoms with Crippen LogP contribution < -0.4 is 16.6 Å². The van der Waals surface area contributed by atoms with Gasteiger partial charge in [-0.05, 0) is 36.8 Å². The lowest BCUT2D eigenvalue weighted by molar-refractivity contribution is -0.137. The van der Waals surface area contributed by atoms with Gasteiger partial charge in [0.2, 0.25) is 11.8 Å². The third-order valence-corrected chi connectivity index (χ3v) is 5.90. The molecule has 3 aromatic rings. The highest BCUT2D eigenvalue weighted by Crippen LogP contribution is 2.34. The summed E-state index contributed by atoms with van der Waals surface area (Å²) in [6.45, 7) is 1.82. The molecule has 0 fully saturated rings. The van der Waals surface area contributed by atoms with Crippen molar-refractivity contribution in [1.29, 1.82) is 0 Å². The smallest absolute Gasteiger partial charge is 0.418 e. The zero-order chi connectivity index (χ0) is 25.9. The Bertz CT molecular complexity index is 1430. The van der Waals surface area contributed by atoms with E-state index in [1.165, 1.54) is 26.2 Å². The maximum Gasteiger partial charge on any atom is 0.418 e. The van der Waals surface area contributed by atoms with Crippen LogP contribution in [0.3, 0.4) is 0 Å². The number of halogens is 3. The molecule has 2 N–H and O–H groups in total. The van der Waals surface area contributed by atoms with Crippen LogP contribution in [0.2, 0.25) is 0 Å². The molecule has 1 aromatic heterocycles. The minimum absolute atomic E-state index is 0.0800. The summed E-state index contributed by atoms with van der Waals surface area (Å²) in [5, 5.41) is 12.7. The lowest BCUT2D eigenvalue weighted by Gasteiger charge is -2.14. The number of para-hydroxylation sites is 1. The quantitative estimate of drug-likeness (QED) is 0.407. The number of thioether (sulfide) groups is 1. The largest absolute Gasteiger partial charge is 0.494 e. The normalized spacial score (nSPS) is 12.0. The zero-order valence-electron chi connectivity index (χ0n) is 18.9. The molecule has 184 valence electrons. The molecule has 0 saturated heterocycles. The number of hydrogen-bond acceptors (Lipinski definition) is 6. The maximum absolute atomic E-state index is 13.2. The monoisotopic (exact) mass is 506 g/mol. The number of carbonyl (C=O) groups excluding carboxylic acids is 1. The van der Waals surface area contributed by atoms with Gasteiger partial charge in [-0.1, -0.05) is 36.0 Å². The molecular weight excluding hydrogens is 485 g/mol. The van der Waals surface area contributed by atoms with Crippen LogP contribution in [0.4, 0.5) is 24.5 Å². The highest BCUT2D eigenvalue weighted by Gasteiger charge is 2.33. The highest BCUT2D eigenvalue weighted by molar-refractivity contribution is 8.15. The van der Waals surface area contributed by atoms with Gasteiger partial charge in [0.05, 0.1) is 22.7 Å². The number of aryl methyl sites for hydroxylation is 1. The fourth-order valence-electron chi connectivity index (χ4n) is 3.16. The summed E-state index contributed by atoms with van der Waals surface area (Å²) in [5.41, 5.74) is -2.07. The van der Waals surface area contributed by atoms with Crippen molar-refractivity contribution in [2.24, 2.45) is 19.1 Å². The van der Waals surface area contributed by atoms with E-state index >= 15 is 0 Å². The molecule has 1 heterocycles. The van der Waals surface area contributed by atoms with E-state index in [0.717, 1.165) is 38.6 Å². The van der Waals surface area contributed by atoms with Gasteiger partial charge in [0.15, 0.2) is 0 Å². The number of hydrogen-bond donors (Lipinski definition) is 2. The average Bonchev–Trinajstić information content (AvgIpc) is 2.79. The number of aromatic hydroxyl groups is 1. The molecule has 0 aliphatic rings. The number of nitrogens with one attached hydrogen (secondary N) is 1. The predicted molar refractivity (Wildman–Crippen MR) is 128 cm³/mol. The minimum Gasteiger partial charge on any atom is -0.494 e. The fourth-order valence-corrected chi connectivity index (χ4v) is 3.99. The summed E-state index contributed by atoms with van der Waals surface area (Å²) in [6.07, 6.45) is -4.67. The second-order valence-corrected chi connectivity index (χ2v) is 8.50. The molecule has 3 rings (SSSR count). The van der Waals surface area contributed by atoms with E-state index in [0.29, 0.717) is 5.69 Å². The van der Waals surface area contributed by atoms with Crippen LogP contribution in [0.1, 0.15) is 16.7 Å². The summed E-state index contributed by atoms with van der Waals surface area (Å²) in [6, 6.07) is 11.4. The van der Waals surface area contributed by atoms with E-state index in [4.69, 9.17) is 0 Å². The van der Waals surface area contributed by atoms with Crippen molar-refractivity contribution < 1.29 is 23.1 Å². The van der Waals surface area contributed by atoms with E-state index in [1.54, 1.807) is 18.2 Å². The number of aliphatic imine (C=N–C) groups is 1. The first-order valence-corrected chi connectivity index (χ1v) is 11.1. The van der Waals surface area contributed by atoms with Gasteiger partial charge in [0, 0.05) is 14.1 Å². The topological polar surface area (TPSA) is 106 Å². The Morgan fingerprint density at radius 1 is 1.09 bits per heavy atom. The summed E-state index contributed by atoms with van der Waals surface area (Å²) in [4.78, 5) is 41.9. The number of carbonyl (C=O) groups is 1. The summed E-state index contributed by atoms with van der Waals surface area (Å²) in [7, 11) is 2.49. The predicted octanol–water partition coefficient (Wildman–Crippen LogP) is 3.57. The van der Waals surface area contributed by atoms with Gasteiger partial charge < -0.3 is 10.4 Å². The third kappa shape index (κ3) is 5.83. The first-order valence-electron chi connectivity index (χ1n) is 10.1. The molecule has 0 spiro atoms. The Morgan fingerprint density at radius 2 is 1.77 bits per heavy atom. The van der Waals surface area contributed by atoms with Crippen LogP contribution in [-0.4, -0.2) is 30.9 Å². The molecule has 0 radical (unpaired) electrons. The number of aromatic nitrogens is 2. The van der Waals surface area contributed by atoms with Crippen molar-refractivity contribution >= 4 is 34.1 Å². The molecule has 0 unspecified atom stereocenters. The molecule has 0 bridgehead atoms. The molecule has 12 heteroatoms. The first kappa shape index (κ1) is 25.8. The number of nitrogens with zero attached hydrogens (tertiary/aromatic N) is 3. The third-order valence-electron chi connectivity index (χ3n) is 4.93. The van der Waals surface area contributed by atoms with Gasteiger partial charge in [-0.15, -0.1) is 0 Å². The number of benzene rings is 2. The van der Waals surface area contributed by atoms with Gasteiger partial charge >= 0.3 is 11.9 Å². The average molecular weight is 507 g/mol. The van der Waals surface area contributed by atoms with Crippen LogP contribution in [0.5, 0.6) is 5.88 Å². The maximum atomic E-state index is 13.2. The molecule has 1 amide bonds. The Labute approximate surface area is 201 Å². The molecular formula is C23H21F3N4O4S. The number of amides is 1. The lowest BCUT2D eigenvalue weighted by Crippen LogP contribution is -2.39. The molecule has 0 atom stereocenters. The van der Waals surface area contributed by atoms with Crippen molar-refractivity contribution in [3.63, 3.8) is 0 Å². The Balaban J connectivity index is 1.99.